The molecule has 1 unspecified atom stereocenters. The monoisotopic (exact) mass is 298 g/mol. The van der Waals surface area contributed by atoms with E-state index in [-0.39, 0.29) is 29.0 Å². The van der Waals surface area contributed by atoms with Gasteiger partial charge in [-0.15, -0.1) is 11.8 Å². The van der Waals surface area contributed by atoms with Gasteiger partial charge in [-0.2, -0.15) is 0 Å². The van der Waals surface area contributed by atoms with Gasteiger partial charge in [0, 0.05) is 23.1 Å². The number of thioether (sulfide) groups is 1. The highest BCUT2D eigenvalue weighted by Gasteiger charge is 2.11. The average molecular weight is 298 g/mol. The highest BCUT2D eigenvalue weighted by atomic mass is 32.2. The first-order chi connectivity index (χ1) is 9.38. The van der Waals surface area contributed by atoms with Crippen LogP contribution < -0.4 is 5.32 Å². The Hall–Kier alpha value is -2.09. The van der Waals surface area contributed by atoms with E-state index in [1.54, 1.807) is 6.92 Å². The van der Waals surface area contributed by atoms with Crippen LogP contribution >= 0.6 is 11.8 Å². The second kappa shape index (κ2) is 7.49. The molecule has 0 spiro atoms. The number of carboxylic acids is 1. The third kappa shape index (κ3) is 5.70. The van der Waals surface area contributed by atoms with Crippen LogP contribution in [0.1, 0.15) is 13.3 Å². The summed E-state index contributed by atoms with van der Waals surface area (Å²) in [6, 6.07) is 5.49. The number of hydrogen-bond acceptors (Lipinski definition) is 5. The van der Waals surface area contributed by atoms with Crippen molar-refractivity contribution < 1.29 is 19.6 Å². The quantitative estimate of drug-likeness (QED) is 0.589. The fraction of sp³-hybridized carbons (Fsp3) is 0.333. The van der Waals surface area contributed by atoms with E-state index in [0.29, 0.717) is 5.69 Å². The Bertz CT molecular complexity index is 503. The topological polar surface area (TPSA) is 110 Å². The lowest BCUT2D eigenvalue weighted by Crippen LogP contribution is -2.16. The summed E-state index contributed by atoms with van der Waals surface area (Å²) in [6.45, 7) is 1.73. The lowest BCUT2D eigenvalue weighted by molar-refractivity contribution is -0.384. The minimum Gasteiger partial charge on any atom is -0.481 e. The van der Waals surface area contributed by atoms with Crippen LogP contribution in [0, 0.1) is 10.1 Å². The zero-order valence-electron chi connectivity index (χ0n) is 10.7. The van der Waals surface area contributed by atoms with Crippen LogP contribution in [0.15, 0.2) is 24.3 Å². The minimum absolute atomic E-state index is 0.00449. The maximum atomic E-state index is 11.6. The van der Waals surface area contributed by atoms with E-state index in [0.717, 1.165) is 0 Å². The van der Waals surface area contributed by atoms with Gasteiger partial charge in [-0.05, 0) is 12.1 Å². The van der Waals surface area contributed by atoms with Crippen LogP contribution in [0.3, 0.4) is 0 Å². The Kier molecular flexibility index (Phi) is 5.98. The number of rotatable bonds is 7. The first-order valence-corrected chi connectivity index (χ1v) is 6.81. The number of carbonyl (C=O) groups excluding carboxylic acids is 1. The number of aliphatic carboxylic acids is 1. The summed E-state index contributed by atoms with van der Waals surface area (Å²) >= 11 is 1.24. The van der Waals surface area contributed by atoms with Crippen molar-refractivity contribution in [1.29, 1.82) is 0 Å². The molecule has 0 aromatic heterocycles. The Balaban J connectivity index is 2.42. The SMILES string of the molecule is CC(CC(=O)O)SCC(=O)Nc1ccc([N+](=O)[O-])cc1. The molecule has 8 heteroatoms. The van der Waals surface area contributed by atoms with E-state index < -0.39 is 10.9 Å². The molecular formula is C12H14N2O5S. The van der Waals surface area contributed by atoms with Crippen LogP contribution in [-0.2, 0) is 9.59 Å². The maximum Gasteiger partial charge on any atom is 0.304 e. The molecule has 0 heterocycles. The molecule has 0 aliphatic heterocycles. The Labute approximate surface area is 119 Å². The van der Waals surface area contributed by atoms with E-state index in [1.807, 2.05) is 0 Å². The number of nitro benzene ring substituents is 1. The number of hydrogen-bond donors (Lipinski definition) is 2. The summed E-state index contributed by atoms with van der Waals surface area (Å²) in [5.74, 6) is -1.05. The van der Waals surface area contributed by atoms with Gasteiger partial charge < -0.3 is 10.4 Å². The van der Waals surface area contributed by atoms with Crippen LogP contribution in [0.5, 0.6) is 0 Å². The van der Waals surface area contributed by atoms with E-state index in [2.05, 4.69) is 5.32 Å². The molecule has 1 atom stereocenters. The van der Waals surface area contributed by atoms with Crippen LogP contribution in [0.4, 0.5) is 11.4 Å². The van der Waals surface area contributed by atoms with E-state index in [1.165, 1.54) is 36.0 Å². The van der Waals surface area contributed by atoms with Crippen molar-refractivity contribution in [3.05, 3.63) is 34.4 Å². The predicted octanol–water partition coefficient (Wildman–Crippen LogP) is 2.13. The molecule has 1 rings (SSSR count). The number of anilines is 1. The number of nitro groups is 1. The highest BCUT2D eigenvalue weighted by Crippen LogP contribution is 2.17. The van der Waals surface area contributed by atoms with Gasteiger partial charge in [0.05, 0.1) is 17.1 Å². The van der Waals surface area contributed by atoms with E-state index in [9.17, 15) is 19.7 Å². The number of carboxylic acid groups (broad SMARTS) is 1. The summed E-state index contributed by atoms with van der Waals surface area (Å²) in [7, 11) is 0. The molecule has 0 bridgehead atoms. The van der Waals surface area contributed by atoms with Crippen LogP contribution in [0.25, 0.3) is 0 Å². The van der Waals surface area contributed by atoms with Gasteiger partial charge >= 0.3 is 5.97 Å². The van der Waals surface area contributed by atoms with E-state index >= 15 is 0 Å². The van der Waals surface area contributed by atoms with E-state index in [4.69, 9.17) is 5.11 Å². The second-order valence-electron chi connectivity index (χ2n) is 4.07. The molecule has 0 aliphatic carbocycles. The van der Waals surface area contributed by atoms with Gasteiger partial charge in [-0.3, -0.25) is 19.7 Å². The van der Waals surface area contributed by atoms with Gasteiger partial charge in [-0.1, -0.05) is 6.92 Å². The molecular weight excluding hydrogens is 284 g/mol. The minimum atomic E-state index is -0.902. The summed E-state index contributed by atoms with van der Waals surface area (Å²) in [5.41, 5.74) is 0.416. The van der Waals surface area contributed by atoms with Crippen molar-refractivity contribution in [2.24, 2.45) is 0 Å². The number of amides is 1. The molecule has 0 aliphatic rings. The number of carbonyl (C=O) groups is 2. The summed E-state index contributed by atoms with van der Waals surface area (Å²) in [6.07, 6.45) is -0.00449. The van der Waals surface area contributed by atoms with Crippen molar-refractivity contribution in [1.82, 2.24) is 0 Å². The molecule has 0 saturated carbocycles. The molecule has 108 valence electrons. The molecule has 0 fully saturated rings. The molecule has 1 amide bonds. The number of nitrogens with zero attached hydrogens (tertiary/aromatic N) is 1. The fourth-order valence-electron chi connectivity index (χ4n) is 1.39. The predicted molar refractivity (Wildman–Crippen MR) is 75.9 cm³/mol. The lowest BCUT2D eigenvalue weighted by atomic mass is 10.3. The Morgan fingerprint density at radius 3 is 2.50 bits per heavy atom. The normalized spacial score (nSPS) is 11.7. The fourth-order valence-corrected chi connectivity index (χ4v) is 2.15. The van der Waals surface area contributed by atoms with Gasteiger partial charge in [0.25, 0.3) is 5.69 Å². The van der Waals surface area contributed by atoms with Crippen molar-refractivity contribution in [3.8, 4) is 0 Å². The smallest absolute Gasteiger partial charge is 0.304 e. The van der Waals surface area contributed by atoms with Gasteiger partial charge in [-0.25, -0.2) is 0 Å². The molecule has 1 aromatic carbocycles. The molecule has 20 heavy (non-hydrogen) atoms. The average Bonchev–Trinajstić information content (AvgIpc) is 2.36. The van der Waals surface area contributed by atoms with Crippen molar-refractivity contribution in [3.63, 3.8) is 0 Å². The maximum absolute atomic E-state index is 11.6. The van der Waals surface area contributed by atoms with Crippen molar-refractivity contribution >= 4 is 35.0 Å². The molecule has 0 radical (unpaired) electrons. The number of non-ortho nitro benzene ring substituents is 1. The molecule has 1 aromatic rings. The highest BCUT2D eigenvalue weighted by molar-refractivity contribution is 8.00. The van der Waals surface area contributed by atoms with Crippen molar-refractivity contribution in [2.45, 2.75) is 18.6 Å². The summed E-state index contributed by atoms with van der Waals surface area (Å²) in [5, 5.41) is 21.5. The van der Waals surface area contributed by atoms with Crippen molar-refractivity contribution in [2.75, 3.05) is 11.1 Å². The zero-order chi connectivity index (χ0) is 15.1. The summed E-state index contributed by atoms with van der Waals surface area (Å²) in [4.78, 5) is 32.0. The Morgan fingerprint density at radius 2 is 2.00 bits per heavy atom. The summed E-state index contributed by atoms with van der Waals surface area (Å²) < 4.78 is 0. The van der Waals surface area contributed by atoms with Crippen LogP contribution in [-0.4, -0.2) is 32.9 Å². The number of benzene rings is 1. The number of nitrogens with one attached hydrogen (secondary N) is 1. The Morgan fingerprint density at radius 1 is 1.40 bits per heavy atom. The third-order valence-electron chi connectivity index (χ3n) is 2.32. The second-order valence-corrected chi connectivity index (χ2v) is 5.50. The first-order valence-electron chi connectivity index (χ1n) is 5.76. The van der Waals surface area contributed by atoms with Gasteiger partial charge in [0.1, 0.15) is 0 Å². The molecule has 0 saturated heterocycles. The first kappa shape index (κ1) is 16.0. The zero-order valence-corrected chi connectivity index (χ0v) is 11.6. The van der Waals surface area contributed by atoms with Gasteiger partial charge in [0.15, 0.2) is 0 Å². The van der Waals surface area contributed by atoms with Gasteiger partial charge in [0.2, 0.25) is 5.91 Å². The molecule has 7 nitrogen and oxygen atoms in total. The van der Waals surface area contributed by atoms with Crippen LogP contribution in [0.2, 0.25) is 0 Å². The lowest BCUT2D eigenvalue weighted by Gasteiger charge is -2.08. The largest absolute Gasteiger partial charge is 0.481 e. The molecule has 2 N–H and O–H groups in total. The third-order valence-corrected chi connectivity index (χ3v) is 3.49. The standard InChI is InChI=1S/C12H14N2O5S/c1-8(6-12(16)17)20-7-11(15)13-9-2-4-10(5-3-9)14(18)19/h2-5,8H,6-7H2,1H3,(H,13,15)(H,16,17).